The normalized spacial score (nSPS) is 15.4. The molecule has 2 aromatic heterocycles. The molecule has 0 radical (unpaired) electrons. The van der Waals surface area contributed by atoms with Crippen molar-refractivity contribution in [2.45, 2.75) is 41.5 Å². The number of hydrogen-bond acceptors (Lipinski definition) is 5. The zero-order valence-corrected chi connectivity index (χ0v) is 17.9. The molecule has 0 atom stereocenters. The van der Waals surface area contributed by atoms with E-state index in [9.17, 15) is 4.79 Å². The Morgan fingerprint density at radius 3 is 2.04 bits per heavy atom. The second-order valence-electron chi connectivity index (χ2n) is 8.87. The molecular formula is C21H25N5OS. The van der Waals surface area contributed by atoms with Crippen LogP contribution in [-0.2, 0) is 4.79 Å². The molecule has 146 valence electrons. The van der Waals surface area contributed by atoms with Crippen LogP contribution in [0.15, 0.2) is 52.9 Å². The fraction of sp³-hybridized carbons (Fsp3) is 0.381. The lowest BCUT2D eigenvalue weighted by Gasteiger charge is -2.30. The van der Waals surface area contributed by atoms with E-state index in [0.717, 1.165) is 16.7 Å². The van der Waals surface area contributed by atoms with Crippen LogP contribution < -0.4 is 0 Å². The average molecular weight is 396 g/mol. The molecule has 0 spiro atoms. The van der Waals surface area contributed by atoms with E-state index >= 15 is 0 Å². The number of nitrogens with zero attached hydrogens (tertiary/aromatic N) is 4. The summed E-state index contributed by atoms with van der Waals surface area (Å²) in [5, 5.41) is 11.8. The van der Waals surface area contributed by atoms with Gasteiger partial charge in [-0.1, -0.05) is 41.5 Å². The number of rotatable bonds is 2. The molecule has 1 aliphatic rings. The van der Waals surface area contributed by atoms with Crippen LogP contribution in [0.3, 0.4) is 0 Å². The van der Waals surface area contributed by atoms with Crippen molar-refractivity contribution < 1.29 is 4.79 Å². The van der Waals surface area contributed by atoms with Crippen LogP contribution in [0.5, 0.6) is 0 Å². The summed E-state index contributed by atoms with van der Waals surface area (Å²) >= 11 is 5.38. The third-order valence-corrected chi connectivity index (χ3v) is 4.76. The lowest BCUT2D eigenvalue weighted by molar-refractivity contribution is -0.114. The van der Waals surface area contributed by atoms with Crippen LogP contribution >= 0.6 is 12.2 Å². The Kier molecular flexibility index (Phi) is 5.06. The predicted octanol–water partition coefficient (Wildman–Crippen LogP) is 4.73. The lowest BCUT2D eigenvalue weighted by Crippen LogP contribution is -2.29. The van der Waals surface area contributed by atoms with Gasteiger partial charge in [-0.25, -0.2) is 5.10 Å². The van der Waals surface area contributed by atoms with Crippen LogP contribution in [-0.4, -0.2) is 31.4 Å². The molecule has 1 aliphatic carbocycles. The maximum atomic E-state index is 13.1. The minimum absolute atomic E-state index is 0.0732. The second kappa shape index (κ2) is 7.05. The molecule has 0 aliphatic heterocycles. The first-order valence-corrected chi connectivity index (χ1v) is 9.55. The Morgan fingerprint density at radius 1 is 1.00 bits per heavy atom. The monoisotopic (exact) mass is 395 g/mol. The van der Waals surface area contributed by atoms with Crippen LogP contribution in [0.4, 0.5) is 0 Å². The number of pyridine rings is 1. The molecule has 1 N–H and O–H groups in total. The largest absolute Gasteiger partial charge is 0.289 e. The van der Waals surface area contributed by atoms with Gasteiger partial charge in [-0.2, -0.15) is 14.9 Å². The van der Waals surface area contributed by atoms with Gasteiger partial charge in [0.15, 0.2) is 11.6 Å². The summed E-state index contributed by atoms with van der Waals surface area (Å²) in [4.78, 5) is 17.1. The Morgan fingerprint density at radius 2 is 1.54 bits per heavy atom. The summed E-state index contributed by atoms with van der Waals surface area (Å²) < 4.78 is 1.97. The van der Waals surface area contributed by atoms with Gasteiger partial charge >= 0.3 is 0 Å². The molecule has 0 fully saturated rings. The van der Waals surface area contributed by atoms with Gasteiger partial charge in [-0.15, -0.1) is 0 Å². The minimum Gasteiger partial charge on any atom is -0.289 e. The van der Waals surface area contributed by atoms with Gasteiger partial charge in [0.25, 0.3) is 0 Å². The van der Waals surface area contributed by atoms with Gasteiger partial charge in [0.2, 0.25) is 4.77 Å². The van der Waals surface area contributed by atoms with Crippen molar-refractivity contribution in [1.29, 1.82) is 0 Å². The Balaban J connectivity index is 2.20. The van der Waals surface area contributed by atoms with Gasteiger partial charge in [0, 0.05) is 29.1 Å². The standard InChI is InChI=1S/C21H25N5OS/c1-20(2,3)15-11-14(12-16(17(15)27)21(4,5)6)25-26-18(23-24-19(26)28)13-7-9-22-10-8-13/h7-12H,1-6H3,(H,24,28). The van der Waals surface area contributed by atoms with Gasteiger partial charge in [0.1, 0.15) is 0 Å². The summed E-state index contributed by atoms with van der Waals surface area (Å²) in [5.41, 5.74) is 2.39. The van der Waals surface area contributed by atoms with Crippen LogP contribution in [0.2, 0.25) is 0 Å². The lowest BCUT2D eigenvalue weighted by atomic mass is 9.72. The van der Waals surface area contributed by atoms with Crippen molar-refractivity contribution in [2.75, 3.05) is 0 Å². The molecule has 2 aromatic rings. The summed E-state index contributed by atoms with van der Waals surface area (Å²) in [7, 11) is 0. The van der Waals surface area contributed by atoms with Crippen molar-refractivity contribution in [3.05, 3.63) is 52.6 Å². The van der Waals surface area contributed by atoms with Crippen LogP contribution in [0, 0.1) is 15.6 Å². The fourth-order valence-corrected chi connectivity index (χ4v) is 3.15. The molecule has 0 aromatic carbocycles. The van der Waals surface area contributed by atoms with Gasteiger partial charge in [-0.3, -0.25) is 9.78 Å². The smallest absolute Gasteiger partial charge is 0.216 e. The summed E-state index contributed by atoms with van der Waals surface area (Å²) in [5.74, 6) is 0.664. The highest BCUT2D eigenvalue weighted by Crippen LogP contribution is 2.37. The van der Waals surface area contributed by atoms with E-state index in [1.807, 2.05) is 65.8 Å². The van der Waals surface area contributed by atoms with E-state index in [4.69, 9.17) is 17.3 Å². The van der Waals surface area contributed by atoms with Crippen molar-refractivity contribution in [2.24, 2.45) is 15.9 Å². The molecule has 0 saturated carbocycles. The average Bonchev–Trinajstić information content (AvgIpc) is 2.96. The first kappa shape index (κ1) is 20.1. The molecule has 3 rings (SSSR count). The number of hydrogen-bond donors (Lipinski definition) is 1. The van der Waals surface area contributed by atoms with Crippen LogP contribution in [0.25, 0.3) is 11.4 Å². The molecule has 0 amide bonds. The maximum absolute atomic E-state index is 13.1. The first-order valence-electron chi connectivity index (χ1n) is 9.14. The first-order chi connectivity index (χ1) is 13.0. The maximum Gasteiger partial charge on any atom is 0.216 e. The van der Waals surface area contributed by atoms with E-state index < -0.39 is 0 Å². The van der Waals surface area contributed by atoms with Crippen molar-refractivity contribution >= 4 is 23.7 Å². The zero-order valence-electron chi connectivity index (χ0n) is 17.1. The highest BCUT2D eigenvalue weighted by molar-refractivity contribution is 7.71. The quantitative estimate of drug-likeness (QED) is 0.589. The topological polar surface area (TPSA) is 75.9 Å². The van der Waals surface area contributed by atoms with E-state index in [-0.39, 0.29) is 16.6 Å². The Bertz CT molecular complexity index is 1020. The molecule has 0 bridgehead atoms. The highest BCUT2D eigenvalue weighted by Gasteiger charge is 2.34. The van der Waals surface area contributed by atoms with Crippen molar-refractivity contribution in [3.63, 3.8) is 0 Å². The summed E-state index contributed by atoms with van der Waals surface area (Å²) in [6, 6.07) is 3.69. The minimum atomic E-state index is -0.297. The predicted molar refractivity (Wildman–Crippen MR) is 114 cm³/mol. The van der Waals surface area contributed by atoms with Gasteiger partial charge in [-0.05, 0) is 47.3 Å². The number of Topliss-reactive ketones (excluding diaryl/α,β-unsaturated/α-hetero) is 1. The number of allylic oxidation sites excluding steroid dienone is 4. The highest BCUT2D eigenvalue weighted by atomic mass is 32.1. The number of H-pyrrole nitrogens is 1. The Hall–Kier alpha value is -2.67. The number of carbonyl (C=O) groups is 1. The molecule has 2 heterocycles. The summed E-state index contributed by atoms with van der Waals surface area (Å²) in [6.07, 6.45) is 7.09. The molecule has 0 saturated heterocycles. The van der Waals surface area contributed by atoms with E-state index in [2.05, 4.69) is 15.2 Å². The van der Waals surface area contributed by atoms with E-state index in [1.165, 1.54) is 0 Å². The molecular weight excluding hydrogens is 370 g/mol. The number of aromatic amines is 1. The van der Waals surface area contributed by atoms with Crippen molar-refractivity contribution in [3.8, 4) is 11.4 Å². The Labute approximate surface area is 170 Å². The fourth-order valence-electron chi connectivity index (χ4n) is 2.97. The second-order valence-corrected chi connectivity index (χ2v) is 9.26. The zero-order chi connectivity index (χ0) is 20.7. The van der Waals surface area contributed by atoms with Gasteiger partial charge < -0.3 is 0 Å². The molecule has 0 unspecified atom stereocenters. The number of nitrogens with one attached hydrogen (secondary N) is 1. The number of carbonyl (C=O) groups excluding carboxylic acids is 1. The van der Waals surface area contributed by atoms with Crippen molar-refractivity contribution in [1.82, 2.24) is 19.9 Å². The summed E-state index contributed by atoms with van der Waals surface area (Å²) in [6.45, 7) is 12.2. The molecule has 28 heavy (non-hydrogen) atoms. The third kappa shape index (κ3) is 3.94. The third-order valence-electron chi connectivity index (χ3n) is 4.49. The SMILES string of the molecule is CC(C)(C)C1=CC(=Nn2c(-c3ccncc3)n[nH]c2=S)C=C(C(C)(C)C)C1=O. The van der Waals surface area contributed by atoms with Crippen LogP contribution in [0.1, 0.15) is 41.5 Å². The van der Waals surface area contributed by atoms with E-state index in [0.29, 0.717) is 16.3 Å². The molecule has 7 heteroatoms. The number of aromatic nitrogens is 4. The molecule has 6 nitrogen and oxygen atoms in total. The van der Waals surface area contributed by atoms with E-state index in [1.54, 1.807) is 17.1 Å². The van der Waals surface area contributed by atoms with Gasteiger partial charge in [0.05, 0.1) is 5.71 Å². The number of ketones is 1.